The molecule has 2 heterocycles. The van der Waals surface area contributed by atoms with Crippen molar-refractivity contribution in [3.8, 4) is 11.5 Å². The maximum Gasteiger partial charge on any atom is 0.240 e. The molecule has 8 nitrogen and oxygen atoms in total. The fraction of sp³-hybridized carbons (Fsp3) is 0.286. The average Bonchev–Trinajstić information content (AvgIpc) is 3.20. The van der Waals surface area contributed by atoms with Gasteiger partial charge in [-0.1, -0.05) is 42.4 Å². The SMILES string of the molecule is CCc1nnc2n1N[C@H](c1ccc(OC)c(Cl)c1)[C@@H](C(=O)Nc1cccc(OC)c1)S2. The Morgan fingerprint density at radius 3 is 2.77 bits per heavy atom. The molecule has 162 valence electrons. The van der Waals surface area contributed by atoms with Gasteiger partial charge in [0.25, 0.3) is 0 Å². The van der Waals surface area contributed by atoms with Gasteiger partial charge in [-0.3, -0.25) is 4.79 Å². The van der Waals surface area contributed by atoms with E-state index in [2.05, 4.69) is 20.9 Å². The predicted molar refractivity (Wildman–Crippen MR) is 121 cm³/mol. The number of hydrogen-bond donors (Lipinski definition) is 2. The molecule has 0 bridgehead atoms. The van der Waals surface area contributed by atoms with Crippen LogP contribution in [0.25, 0.3) is 0 Å². The van der Waals surface area contributed by atoms with E-state index in [1.807, 2.05) is 41.9 Å². The van der Waals surface area contributed by atoms with Gasteiger partial charge < -0.3 is 20.2 Å². The van der Waals surface area contributed by atoms with Crippen LogP contribution in [0, 0.1) is 0 Å². The Hall–Kier alpha value is -2.91. The first-order chi connectivity index (χ1) is 15.0. The molecule has 0 spiro atoms. The molecule has 2 aromatic carbocycles. The van der Waals surface area contributed by atoms with Gasteiger partial charge in [0.1, 0.15) is 16.7 Å². The van der Waals surface area contributed by atoms with Crippen molar-refractivity contribution in [1.82, 2.24) is 14.9 Å². The third kappa shape index (κ3) is 4.28. The van der Waals surface area contributed by atoms with Gasteiger partial charge in [-0.15, -0.1) is 10.2 Å². The number of rotatable bonds is 6. The van der Waals surface area contributed by atoms with Crippen LogP contribution in [0.4, 0.5) is 5.69 Å². The number of thioether (sulfide) groups is 1. The third-order valence-electron chi connectivity index (χ3n) is 4.95. The molecule has 1 aromatic heterocycles. The number of hydrogen-bond acceptors (Lipinski definition) is 7. The number of ether oxygens (including phenoxy) is 2. The van der Waals surface area contributed by atoms with Crippen molar-refractivity contribution in [2.24, 2.45) is 0 Å². The lowest BCUT2D eigenvalue weighted by Gasteiger charge is -2.33. The zero-order chi connectivity index (χ0) is 22.0. The Kier molecular flexibility index (Phi) is 6.24. The Morgan fingerprint density at radius 2 is 2.06 bits per heavy atom. The van der Waals surface area contributed by atoms with E-state index in [0.29, 0.717) is 33.8 Å². The molecule has 10 heteroatoms. The lowest BCUT2D eigenvalue weighted by molar-refractivity contribution is -0.116. The molecule has 2 atom stereocenters. The van der Waals surface area contributed by atoms with E-state index >= 15 is 0 Å². The molecule has 0 saturated carbocycles. The number of carbonyl (C=O) groups is 1. The van der Waals surface area contributed by atoms with Crippen molar-refractivity contribution in [1.29, 1.82) is 0 Å². The second-order valence-electron chi connectivity index (χ2n) is 6.85. The Balaban J connectivity index is 1.68. The molecule has 1 aliphatic heterocycles. The highest BCUT2D eigenvalue weighted by Crippen LogP contribution is 2.39. The predicted octanol–water partition coefficient (Wildman–Crippen LogP) is 3.91. The van der Waals surface area contributed by atoms with Crippen LogP contribution in [0.1, 0.15) is 24.4 Å². The fourth-order valence-electron chi connectivity index (χ4n) is 3.37. The van der Waals surface area contributed by atoms with E-state index in [1.54, 1.807) is 26.4 Å². The summed E-state index contributed by atoms with van der Waals surface area (Å²) in [7, 11) is 3.15. The van der Waals surface area contributed by atoms with Crippen molar-refractivity contribution in [3.05, 3.63) is 58.9 Å². The van der Waals surface area contributed by atoms with Crippen LogP contribution in [0.15, 0.2) is 47.6 Å². The molecule has 1 amide bonds. The maximum atomic E-state index is 13.3. The van der Waals surface area contributed by atoms with E-state index in [9.17, 15) is 4.79 Å². The highest BCUT2D eigenvalue weighted by molar-refractivity contribution is 8.00. The molecule has 0 aliphatic carbocycles. The Labute approximate surface area is 189 Å². The van der Waals surface area contributed by atoms with Crippen LogP contribution >= 0.6 is 23.4 Å². The van der Waals surface area contributed by atoms with Crippen LogP contribution in [-0.2, 0) is 11.2 Å². The number of aryl methyl sites for hydroxylation is 1. The first kappa shape index (κ1) is 21.3. The zero-order valence-electron chi connectivity index (χ0n) is 17.3. The molecule has 0 fully saturated rings. The molecule has 4 rings (SSSR count). The molecule has 1 aliphatic rings. The summed E-state index contributed by atoms with van der Waals surface area (Å²) in [5, 5.41) is 12.0. The van der Waals surface area contributed by atoms with Crippen LogP contribution in [0.3, 0.4) is 0 Å². The monoisotopic (exact) mass is 459 g/mol. The fourth-order valence-corrected chi connectivity index (χ4v) is 4.73. The number of carbonyl (C=O) groups excluding carboxylic acids is 1. The smallest absolute Gasteiger partial charge is 0.240 e. The first-order valence-electron chi connectivity index (χ1n) is 9.70. The summed E-state index contributed by atoms with van der Waals surface area (Å²) < 4.78 is 12.4. The number of amides is 1. The Morgan fingerprint density at radius 1 is 1.23 bits per heavy atom. The van der Waals surface area contributed by atoms with Gasteiger partial charge in [0.2, 0.25) is 11.1 Å². The van der Waals surface area contributed by atoms with Crippen molar-refractivity contribution < 1.29 is 14.3 Å². The van der Waals surface area contributed by atoms with Crippen LogP contribution in [0.5, 0.6) is 11.5 Å². The first-order valence-corrected chi connectivity index (χ1v) is 11.0. The minimum Gasteiger partial charge on any atom is -0.497 e. The summed E-state index contributed by atoms with van der Waals surface area (Å²) in [5.41, 5.74) is 4.91. The van der Waals surface area contributed by atoms with Gasteiger partial charge in [-0.25, -0.2) is 4.68 Å². The number of halogens is 1. The quantitative estimate of drug-likeness (QED) is 0.577. The molecule has 0 unspecified atom stereocenters. The van der Waals surface area contributed by atoms with Crippen molar-refractivity contribution in [2.45, 2.75) is 29.8 Å². The standard InChI is InChI=1S/C21H22ClN5O3S/c1-4-17-24-25-21-27(17)26-18(12-8-9-16(30-3)15(22)10-12)19(31-21)20(28)23-13-6-5-7-14(11-13)29-2/h5-11,18-19,26H,4H2,1-3H3,(H,23,28)/t18-,19+/m1/s1. The van der Waals surface area contributed by atoms with Crippen molar-refractivity contribution in [3.63, 3.8) is 0 Å². The molecule has 2 N–H and O–H groups in total. The van der Waals surface area contributed by atoms with Crippen LogP contribution < -0.4 is 20.2 Å². The van der Waals surface area contributed by atoms with Gasteiger partial charge in [-0.05, 0) is 29.8 Å². The summed E-state index contributed by atoms with van der Waals surface area (Å²) in [6, 6.07) is 12.4. The number of methoxy groups -OCH3 is 2. The molecule has 0 saturated heterocycles. The molecular weight excluding hydrogens is 438 g/mol. The zero-order valence-corrected chi connectivity index (χ0v) is 18.8. The van der Waals surface area contributed by atoms with Crippen LogP contribution in [-0.4, -0.2) is 40.3 Å². The summed E-state index contributed by atoms with van der Waals surface area (Å²) in [6.07, 6.45) is 0.706. The maximum absolute atomic E-state index is 13.3. The minimum absolute atomic E-state index is 0.171. The minimum atomic E-state index is -0.517. The number of anilines is 1. The number of nitrogens with zero attached hydrogens (tertiary/aromatic N) is 3. The average molecular weight is 460 g/mol. The number of fused-ring (bicyclic) bond motifs is 1. The van der Waals surface area contributed by atoms with E-state index in [-0.39, 0.29) is 11.9 Å². The lowest BCUT2D eigenvalue weighted by Crippen LogP contribution is -2.41. The van der Waals surface area contributed by atoms with Gasteiger partial charge in [-0.2, -0.15) is 0 Å². The second kappa shape index (κ2) is 9.07. The summed E-state index contributed by atoms with van der Waals surface area (Å²) in [5.74, 6) is 1.86. The van der Waals surface area contributed by atoms with Gasteiger partial charge >= 0.3 is 0 Å². The van der Waals surface area contributed by atoms with Crippen molar-refractivity contribution >= 4 is 35.0 Å². The summed E-state index contributed by atoms with van der Waals surface area (Å²) >= 11 is 7.73. The summed E-state index contributed by atoms with van der Waals surface area (Å²) in [4.78, 5) is 13.3. The molecule has 0 radical (unpaired) electrons. The number of nitrogens with one attached hydrogen (secondary N) is 2. The third-order valence-corrected chi connectivity index (χ3v) is 6.46. The molecule has 31 heavy (non-hydrogen) atoms. The highest BCUT2D eigenvalue weighted by atomic mass is 35.5. The van der Waals surface area contributed by atoms with Gasteiger partial charge in [0.15, 0.2) is 5.82 Å². The number of benzene rings is 2. The normalized spacial score (nSPS) is 17.4. The van der Waals surface area contributed by atoms with Crippen LogP contribution in [0.2, 0.25) is 5.02 Å². The molecule has 3 aromatic rings. The summed E-state index contributed by atoms with van der Waals surface area (Å²) in [6.45, 7) is 2.00. The number of aromatic nitrogens is 3. The van der Waals surface area contributed by atoms with E-state index in [0.717, 1.165) is 11.4 Å². The van der Waals surface area contributed by atoms with E-state index in [4.69, 9.17) is 21.1 Å². The molecular formula is C21H22ClN5O3S. The highest BCUT2D eigenvalue weighted by Gasteiger charge is 2.38. The largest absolute Gasteiger partial charge is 0.497 e. The second-order valence-corrected chi connectivity index (χ2v) is 8.36. The topological polar surface area (TPSA) is 90.3 Å². The van der Waals surface area contributed by atoms with E-state index < -0.39 is 5.25 Å². The van der Waals surface area contributed by atoms with Crippen molar-refractivity contribution in [2.75, 3.05) is 25.0 Å². The lowest BCUT2D eigenvalue weighted by atomic mass is 10.0. The van der Waals surface area contributed by atoms with Gasteiger partial charge in [0.05, 0.1) is 25.3 Å². The Bertz CT molecular complexity index is 1110. The van der Waals surface area contributed by atoms with Gasteiger partial charge in [0, 0.05) is 18.2 Å². The van der Waals surface area contributed by atoms with E-state index in [1.165, 1.54) is 11.8 Å².